The standard InChI is InChI=1S/C14H27NO/c1-12(8-9-13-5-2-3-6-13)15-14-7-4-10-16-11-14/h12-15H,2-11H2,1H3. The van der Waals surface area contributed by atoms with Crippen LogP contribution in [0.15, 0.2) is 0 Å². The summed E-state index contributed by atoms with van der Waals surface area (Å²) in [5, 5.41) is 3.72. The van der Waals surface area contributed by atoms with E-state index in [4.69, 9.17) is 4.74 Å². The van der Waals surface area contributed by atoms with Gasteiger partial charge in [0.25, 0.3) is 0 Å². The van der Waals surface area contributed by atoms with Crippen LogP contribution in [0, 0.1) is 5.92 Å². The monoisotopic (exact) mass is 225 g/mol. The molecule has 0 spiro atoms. The summed E-state index contributed by atoms with van der Waals surface area (Å²) in [5.41, 5.74) is 0. The van der Waals surface area contributed by atoms with Crippen molar-refractivity contribution in [3.8, 4) is 0 Å². The average Bonchev–Trinajstić information content (AvgIpc) is 2.81. The van der Waals surface area contributed by atoms with Crippen LogP contribution < -0.4 is 5.32 Å². The molecule has 16 heavy (non-hydrogen) atoms. The highest BCUT2D eigenvalue weighted by Crippen LogP contribution is 2.28. The summed E-state index contributed by atoms with van der Waals surface area (Å²) in [6.45, 7) is 4.23. The first-order valence-electron chi connectivity index (χ1n) is 7.18. The molecule has 0 aromatic heterocycles. The maximum absolute atomic E-state index is 5.50. The van der Waals surface area contributed by atoms with Crippen LogP contribution in [0.2, 0.25) is 0 Å². The fraction of sp³-hybridized carbons (Fsp3) is 1.00. The van der Waals surface area contributed by atoms with Crippen molar-refractivity contribution in [3.05, 3.63) is 0 Å². The predicted molar refractivity (Wildman–Crippen MR) is 67.6 cm³/mol. The van der Waals surface area contributed by atoms with Crippen molar-refractivity contribution < 1.29 is 4.74 Å². The zero-order valence-electron chi connectivity index (χ0n) is 10.7. The van der Waals surface area contributed by atoms with Gasteiger partial charge in [0.15, 0.2) is 0 Å². The van der Waals surface area contributed by atoms with E-state index in [0.29, 0.717) is 12.1 Å². The van der Waals surface area contributed by atoms with Crippen LogP contribution in [0.1, 0.15) is 58.3 Å². The molecule has 0 radical (unpaired) electrons. The highest BCUT2D eigenvalue weighted by atomic mass is 16.5. The SMILES string of the molecule is CC(CCC1CCCC1)NC1CCCOC1. The van der Waals surface area contributed by atoms with Gasteiger partial charge in [0.2, 0.25) is 0 Å². The van der Waals surface area contributed by atoms with E-state index in [9.17, 15) is 0 Å². The summed E-state index contributed by atoms with van der Waals surface area (Å²) < 4.78 is 5.50. The number of ether oxygens (including phenoxy) is 1. The molecule has 0 amide bonds. The van der Waals surface area contributed by atoms with E-state index < -0.39 is 0 Å². The van der Waals surface area contributed by atoms with Gasteiger partial charge in [-0.3, -0.25) is 0 Å². The number of rotatable bonds is 5. The quantitative estimate of drug-likeness (QED) is 0.776. The first-order valence-corrected chi connectivity index (χ1v) is 7.18. The minimum atomic E-state index is 0.618. The first-order chi connectivity index (χ1) is 7.84. The third-order valence-electron chi connectivity index (χ3n) is 4.16. The first kappa shape index (κ1) is 12.4. The second-order valence-electron chi connectivity index (χ2n) is 5.71. The molecule has 1 saturated carbocycles. The van der Waals surface area contributed by atoms with E-state index in [1.807, 2.05) is 0 Å². The van der Waals surface area contributed by atoms with Gasteiger partial charge in [-0.15, -0.1) is 0 Å². The second-order valence-corrected chi connectivity index (χ2v) is 5.71. The van der Waals surface area contributed by atoms with Crippen LogP contribution in [0.4, 0.5) is 0 Å². The highest BCUT2D eigenvalue weighted by Gasteiger charge is 2.18. The molecule has 2 rings (SSSR count). The van der Waals surface area contributed by atoms with Crippen LogP contribution in [-0.4, -0.2) is 25.3 Å². The van der Waals surface area contributed by atoms with E-state index in [1.165, 1.54) is 51.4 Å². The van der Waals surface area contributed by atoms with Gasteiger partial charge >= 0.3 is 0 Å². The molecule has 94 valence electrons. The Labute approximate surface area is 100 Å². The molecule has 1 aliphatic heterocycles. The van der Waals surface area contributed by atoms with E-state index in [0.717, 1.165) is 19.1 Å². The summed E-state index contributed by atoms with van der Waals surface area (Å²) >= 11 is 0. The van der Waals surface area contributed by atoms with Crippen LogP contribution in [0.5, 0.6) is 0 Å². The van der Waals surface area contributed by atoms with Crippen LogP contribution in [0.25, 0.3) is 0 Å². The van der Waals surface area contributed by atoms with Gasteiger partial charge in [0.05, 0.1) is 6.61 Å². The van der Waals surface area contributed by atoms with Crippen molar-refractivity contribution in [1.29, 1.82) is 0 Å². The van der Waals surface area contributed by atoms with Crippen LogP contribution in [0.3, 0.4) is 0 Å². The molecule has 0 aromatic carbocycles. The smallest absolute Gasteiger partial charge is 0.0619 e. The van der Waals surface area contributed by atoms with E-state index in [2.05, 4.69) is 12.2 Å². The molecule has 2 aliphatic rings. The maximum atomic E-state index is 5.50. The average molecular weight is 225 g/mol. The predicted octanol–water partition coefficient (Wildman–Crippen LogP) is 3.11. The van der Waals surface area contributed by atoms with Gasteiger partial charge in [-0.2, -0.15) is 0 Å². The van der Waals surface area contributed by atoms with Crippen molar-refractivity contribution >= 4 is 0 Å². The zero-order valence-corrected chi connectivity index (χ0v) is 10.7. The summed E-state index contributed by atoms with van der Waals surface area (Å²) in [6.07, 6.45) is 11.2. The van der Waals surface area contributed by atoms with Gasteiger partial charge < -0.3 is 10.1 Å². The van der Waals surface area contributed by atoms with Crippen molar-refractivity contribution in [1.82, 2.24) is 5.32 Å². The summed E-state index contributed by atoms with van der Waals surface area (Å²) in [7, 11) is 0. The fourth-order valence-corrected chi connectivity index (χ4v) is 3.14. The van der Waals surface area contributed by atoms with Crippen molar-refractivity contribution in [3.63, 3.8) is 0 Å². The van der Waals surface area contributed by atoms with Crippen molar-refractivity contribution in [2.24, 2.45) is 5.92 Å². The Morgan fingerprint density at radius 1 is 1.19 bits per heavy atom. The molecule has 1 aliphatic carbocycles. The van der Waals surface area contributed by atoms with Gasteiger partial charge in [-0.05, 0) is 38.5 Å². The summed E-state index contributed by atoms with van der Waals surface area (Å²) in [5.74, 6) is 1.03. The van der Waals surface area contributed by atoms with Crippen molar-refractivity contribution in [2.45, 2.75) is 70.4 Å². The Bertz CT molecular complexity index is 183. The lowest BCUT2D eigenvalue weighted by Crippen LogP contribution is -2.42. The Hall–Kier alpha value is -0.0800. The molecule has 1 N–H and O–H groups in total. The molecule has 2 heteroatoms. The van der Waals surface area contributed by atoms with Crippen LogP contribution >= 0.6 is 0 Å². The number of hydrogen-bond donors (Lipinski definition) is 1. The van der Waals surface area contributed by atoms with Gasteiger partial charge in [-0.1, -0.05) is 25.7 Å². The fourth-order valence-electron chi connectivity index (χ4n) is 3.14. The summed E-state index contributed by atoms with van der Waals surface area (Å²) in [4.78, 5) is 0. The third kappa shape index (κ3) is 4.06. The second kappa shape index (κ2) is 6.61. The molecule has 2 nitrogen and oxygen atoms in total. The topological polar surface area (TPSA) is 21.3 Å². The summed E-state index contributed by atoms with van der Waals surface area (Å²) in [6, 6.07) is 1.29. The molecule has 2 unspecified atom stereocenters. The Kier molecular flexibility index (Phi) is 5.11. The lowest BCUT2D eigenvalue weighted by molar-refractivity contribution is 0.0664. The van der Waals surface area contributed by atoms with E-state index >= 15 is 0 Å². The molecule has 1 heterocycles. The van der Waals surface area contributed by atoms with Gasteiger partial charge in [-0.25, -0.2) is 0 Å². The van der Waals surface area contributed by atoms with Crippen LogP contribution in [-0.2, 0) is 4.74 Å². The Morgan fingerprint density at radius 3 is 2.69 bits per heavy atom. The Balaban J connectivity index is 1.57. The normalized spacial score (nSPS) is 29.4. The number of nitrogens with one attached hydrogen (secondary N) is 1. The lowest BCUT2D eigenvalue weighted by atomic mass is 9.98. The molecule has 2 fully saturated rings. The lowest BCUT2D eigenvalue weighted by Gasteiger charge is -2.27. The molecule has 2 atom stereocenters. The zero-order chi connectivity index (χ0) is 11.2. The van der Waals surface area contributed by atoms with Gasteiger partial charge in [0, 0.05) is 18.7 Å². The maximum Gasteiger partial charge on any atom is 0.0619 e. The highest BCUT2D eigenvalue weighted by molar-refractivity contribution is 4.76. The molecular formula is C14H27NO. The minimum absolute atomic E-state index is 0.618. The van der Waals surface area contributed by atoms with Gasteiger partial charge in [0.1, 0.15) is 0 Å². The van der Waals surface area contributed by atoms with E-state index in [-0.39, 0.29) is 0 Å². The molecule has 0 aromatic rings. The van der Waals surface area contributed by atoms with Crippen molar-refractivity contribution in [2.75, 3.05) is 13.2 Å². The Morgan fingerprint density at radius 2 is 2.00 bits per heavy atom. The molecule has 1 saturated heterocycles. The minimum Gasteiger partial charge on any atom is -0.380 e. The van der Waals surface area contributed by atoms with E-state index in [1.54, 1.807) is 0 Å². The largest absolute Gasteiger partial charge is 0.380 e. The number of hydrogen-bond acceptors (Lipinski definition) is 2. The molecular weight excluding hydrogens is 198 g/mol. The molecule has 0 bridgehead atoms. The third-order valence-corrected chi connectivity index (χ3v) is 4.16.